The van der Waals surface area contributed by atoms with Crippen molar-refractivity contribution in [3.63, 3.8) is 0 Å². The van der Waals surface area contributed by atoms with Crippen LogP contribution in [0.4, 0.5) is 0 Å². The van der Waals surface area contributed by atoms with E-state index in [1.54, 1.807) is 6.92 Å². The Hall–Kier alpha value is -0.0900. The summed E-state index contributed by atoms with van der Waals surface area (Å²) in [6.45, 7) is 8.19. The van der Waals surface area contributed by atoms with E-state index < -0.39 is 9.84 Å². The number of sulfone groups is 1. The molecule has 1 aliphatic carbocycles. The lowest BCUT2D eigenvalue weighted by Crippen LogP contribution is -2.39. The smallest absolute Gasteiger partial charge is 0.150 e. The van der Waals surface area contributed by atoms with E-state index >= 15 is 0 Å². The van der Waals surface area contributed by atoms with E-state index in [0.717, 1.165) is 19.5 Å². The van der Waals surface area contributed by atoms with E-state index in [0.29, 0.717) is 11.7 Å². The van der Waals surface area contributed by atoms with E-state index in [4.69, 9.17) is 0 Å². The zero-order valence-electron chi connectivity index (χ0n) is 12.9. The van der Waals surface area contributed by atoms with Crippen molar-refractivity contribution in [3.8, 4) is 0 Å². The number of hydrogen-bond acceptors (Lipinski definition) is 3. The molecule has 0 radical (unpaired) electrons. The zero-order valence-corrected chi connectivity index (χ0v) is 13.7. The van der Waals surface area contributed by atoms with Crippen LogP contribution in [0.3, 0.4) is 0 Å². The van der Waals surface area contributed by atoms with E-state index in [1.807, 2.05) is 0 Å². The summed E-state index contributed by atoms with van der Waals surface area (Å²) < 4.78 is 23.5. The van der Waals surface area contributed by atoms with Gasteiger partial charge >= 0.3 is 0 Å². The normalized spacial score (nSPS) is 19.8. The van der Waals surface area contributed by atoms with E-state index in [1.165, 1.54) is 32.1 Å². The van der Waals surface area contributed by atoms with Gasteiger partial charge in [-0.05, 0) is 37.1 Å². The minimum atomic E-state index is -2.83. The highest BCUT2D eigenvalue weighted by atomic mass is 32.2. The topological polar surface area (TPSA) is 46.2 Å². The Balaban J connectivity index is 2.54. The van der Waals surface area contributed by atoms with Crippen LogP contribution in [-0.4, -0.2) is 33.0 Å². The predicted molar refractivity (Wildman–Crippen MR) is 82.2 cm³/mol. The molecule has 19 heavy (non-hydrogen) atoms. The summed E-state index contributed by atoms with van der Waals surface area (Å²) in [4.78, 5) is 0. The molecule has 1 saturated carbocycles. The molecule has 1 aliphatic rings. The van der Waals surface area contributed by atoms with Crippen molar-refractivity contribution < 1.29 is 8.42 Å². The summed E-state index contributed by atoms with van der Waals surface area (Å²) >= 11 is 0. The van der Waals surface area contributed by atoms with Crippen LogP contribution in [0, 0.1) is 11.3 Å². The highest BCUT2D eigenvalue weighted by molar-refractivity contribution is 7.91. The SMILES string of the molecule is CCS(=O)(=O)CCC1(CNCC(C)C)CCCCC1. The lowest BCUT2D eigenvalue weighted by Gasteiger charge is -2.38. The van der Waals surface area contributed by atoms with Crippen molar-refractivity contribution in [1.82, 2.24) is 5.32 Å². The zero-order chi connectivity index (χ0) is 14.4. The monoisotopic (exact) mass is 289 g/mol. The molecule has 0 aromatic carbocycles. The number of rotatable bonds is 8. The van der Waals surface area contributed by atoms with Gasteiger partial charge in [0, 0.05) is 12.3 Å². The molecule has 0 aromatic heterocycles. The van der Waals surface area contributed by atoms with E-state index in [9.17, 15) is 8.42 Å². The van der Waals surface area contributed by atoms with Crippen LogP contribution < -0.4 is 5.32 Å². The van der Waals surface area contributed by atoms with Crippen molar-refractivity contribution in [1.29, 1.82) is 0 Å². The Morgan fingerprint density at radius 2 is 1.79 bits per heavy atom. The first-order valence-electron chi connectivity index (χ1n) is 7.80. The minimum absolute atomic E-state index is 0.232. The molecule has 0 spiro atoms. The third-order valence-corrected chi connectivity index (χ3v) is 6.06. The van der Waals surface area contributed by atoms with Gasteiger partial charge in [-0.1, -0.05) is 40.0 Å². The van der Waals surface area contributed by atoms with Crippen molar-refractivity contribution in [2.24, 2.45) is 11.3 Å². The Bertz CT molecular complexity index is 343. The molecule has 0 bridgehead atoms. The first kappa shape index (κ1) is 17.0. The quantitative estimate of drug-likeness (QED) is 0.747. The van der Waals surface area contributed by atoms with Gasteiger partial charge in [0.05, 0.1) is 5.75 Å². The van der Waals surface area contributed by atoms with Crippen LogP contribution in [0.2, 0.25) is 0 Å². The molecule has 0 saturated heterocycles. The van der Waals surface area contributed by atoms with Gasteiger partial charge in [0.1, 0.15) is 9.84 Å². The fourth-order valence-electron chi connectivity index (χ4n) is 2.96. The summed E-state index contributed by atoms with van der Waals surface area (Å²) in [6, 6.07) is 0. The van der Waals surface area contributed by atoms with Gasteiger partial charge in [0.15, 0.2) is 0 Å². The molecular weight excluding hydrogens is 258 g/mol. The Morgan fingerprint density at radius 1 is 1.16 bits per heavy atom. The lowest BCUT2D eigenvalue weighted by molar-refractivity contribution is 0.174. The molecule has 1 N–H and O–H groups in total. The second kappa shape index (κ2) is 7.63. The van der Waals surface area contributed by atoms with Crippen molar-refractivity contribution >= 4 is 9.84 Å². The molecule has 0 amide bonds. The maximum absolute atomic E-state index is 11.7. The standard InChI is InChI=1S/C15H31NO2S/c1-4-19(17,18)11-10-15(8-6-5-7-9-15)13-16-12-14(2)3/h14,16H,4-13H2,1-3H3. The highest BCUT2D eigenvalue weighted by Crippen LogP contribution is 2.39. The summed E-state index contributed by atoms with van der Waals surface area (Å²) in [5.41, 5.74) is 0.232. The second-order valence-corrected chi connectivity index (χ2v) is 9.04. The molecule has 0 heterocycles. The van der Waals surface area contributed by atoms with Gasteiger partial charge in [0.2, 0.25) is 0 Å². The molecule has 0 aliphatic heterocycles. The van der Waals surface area contributed by atoms with E-state index in [-0.39, 0.29) is 11.2 Å². The first-order valence-corrected chi connectivity index (χ1v) is 9.62. The van der Waals surface area contributed by atoms with Gasteiger partial charge in [-0.2, -0.15) is 0 Å². The molecule has 3 nitrogen and oxygen atoms in total. The molecule has 0 atom stereocenters. The summed E-state index contributed by atoms with van der Waals surface area (Å²) in [5.74, 6) is 1.30. The van der Waals surface area contributed by atoms with Crippen LogP contribution in [0.5, 0.6) is 0 Å². The van der Waals surface area contributed by atoms with Gasteiger partial charge in [-0.25, -0.2) is 8.42 Å². The summed E-state index contributed by atoms with van der Waals surface area (Å²) in [7, 11) is -2.83. The lowest BCUT2D eigenvalue weighted by atomic mass is 9.72. The third kappa shape index (κ3) is 6.26. The van der Waals surface area contributed by atoms with Crippen molar-refractivity contribution in [2.75, 3.05) is 24.6 Å². The molecule has 1 fully saturated rings. The Labute approximate surface area is 119 Å². The molecule has 4 heteroatoms. The average molecular weight is 289 g/mol. The summed E-state index contributed by atoms with van der Waals surface area (Å²) in [5, 5.41) is 3.55. The number of nitrogens with one attached hydrogen (secondary N) is 1. The van der Waals surface area contributed by atoms with Crippen molar-refractivity contribution in [2.45, 2.75) is 59.3 Å². The van der Waals surface area contributed by atoms with Crippen LogP contribution in [0.25, 0.3) is 0 Å². The van der Waals surface area contributed by atoms with Gasteiger partial charge in [-0.15, -0.1) is 0 Å². The average Bonchev–Trinajstić information content (AvgIpc) is 2.38. The predicted octanol–water partition coefficient (Wildman–Crippen LogP) is 3.01. The molecule has 0 unspecified atom stereocenters. The molecule has 0 aromatic rings. The third-order valence-electron chi connectivity index (χ3n) is 4.35. The van der Waals surface area contributed by atoms with Crippen LogP contribution in [0.15, 0.2) is 0 Å². The maximum atomic E-state index is 11.7. The van der Waals surface area contributed by atoms with Gasteiger partial charge in [-0.3, -0.25) is 0 Å². The first-order chi connectivity index (χ1) is 8.89. The molecule has 114 valence electrons. The molecule has 1 rings (SSSR count). The fraction of sp³-hybridized carbons (Fsp3) is 1.00. The Kier molecular flexibility index (Phi) is 6.81. The van der Waals surface area contributed by atoms with Gasteiger partial charge < -0.3 is 5.32 Å². The number of hydrogen-bond donors (Lipinski definition) is 1. The second-order valence-electron chi connectivity index (χ2n) is 6.57. The summed E-state index contributed by atoms with van der Waals surface area (Å²) in [6.07, 6.45) is 7.06. The van der Waals surface area contributed by atoms with Crippen LogP contribution >= 0.6 is 0 Å². The largest absolute Gasteiger partial charge is 0.316 e. The van der Waals surface area contributed by atoms with E-state index in [2.05, 4.69) is 19.2 Å². The van der Waals surface area contributed by atoms with Gasteiger partial charge in [0.25, 0.3) is 0 Å². The van der Waals surface area contributed by atoms with Crippen LogP contribution in [0.1, 0.15) is 59.3 Å². The van der Waals surface area contributed by atoms with Crippen LogP contribution in [-0.2, 0) is 9.84 Å². The fourth-order valence-corrected chi connectivity index (χ4v) is 3.99. The molecular formula is C15H31NO2S. The highest BCUT2D eigenvalue weighted by Gasteiger charge is 2.32. The Morgan fingerprint density at radius 3 is 2.32 bits per heavy atom. The van der Waals surface area contributed by atoms with Crippen molar-refractivity contribution in [3.05, 3.63) is 0 Å². The maximum Gasteiger partial charge on any atom is 0.150 e. The minimum Gasteiger partial charge on any atom is -0.316 e.